The Bertz CT molecular complexity index is 958. The number of methoxy groups -OCH3 is 1. The first kappa shape index (κ1) is 19.7. The topological polar surface area (TPSA) is 89.1 Å². The Morgan fingerprint density at radius 1 is 1.21 bits per heavy atom. The molecule has 8 heteroatoms. The molecule has 28 heavy (non-hydrogen) atoms. The third kappa shape index (κ3) is 5.01. The summed E-state index contributed by atoms with van der Waals surface area (Å²) in [6.45, 7) is 2.35. The molecule has 1 heterocycles. The Morgan fingerprint density at radius 3 is 2.82 bits per heavy atom. The zero-order valence-electron chi connectivity index (χ0n) is 15.7. The third-order valence-electron chi connectivity index (χ3n) is 4.04. The smallest absolute Gasteiger partial charge is 0.249 e. The highest BCUT2D eigenvalue weighted by atomic mass is 35.5. The van der Waals surface area contributed by atoms with E-state index in [2.05, 4.69) is 20.5 Å². The van der Waals surface area contributed by atoms with Gasteiger partial charge in [0.05, 0.1) is 19.3 Å². The van der Waals surface area contributed by atoms with Crippen LogP contribution in [0.15, 0.2) is 42.5 Å². The van der Waals surface area contributed by atoms with Gasteiger partial charge in [0, 0.05) is 11.4 Å². The highest BCUT2D eigenvalue weighted by Gasteiger charge is 2.12. The maximum absolute atomic E-state index is 12.1. The van der Waals surface area contributed by atoms with E-state index < -0.39 is 0 Å². The van der Waals surface area contributed by atoms with Crippen molar-refractivity contribution in [3.63, 3.8) is 0 Å². The molecule has 3 aromatic rings. The molecule has 0 saturated heterocycles. The summed E-state index contributed by atoms with van der Waals surface area (Å²) in [6, 6.07) is 12.9. The predicted molar refractivity (Wildman–Crippen MR) is 108 cm³/mol. The van der Waals surface area contributed by atoms with Crippen LogP contribution in [-0.2, 0) is 4.79 Å². The highest BCUT2D eigenvalue weighted by Crippen LogP contribution is 2.27. The molecule has 7 nitrogen and oxygen atoms in total. The number of carbonyl (C=O) groups excluding carboxylic acids is 1. The molecule has 0 unspecified atom stereocenters. The molecule has 3 rings (SSSR count). The van der Waals surface area contributed by atoms with Gasteiger partial charge in [-0.15, -0.1) is 5.10 Å². The zero-order valence-corrected chi connectivity index (χ0v) is 16.4. The van der Waals surface area contributed by atoms with Crippen LogP contribution in [0.3, 0.4) is 0 Å². The fraction of sp³-hybridized carbons (Fsp3) is 0.250. The van der Waals surface area contributed by atoms with Gasteiger partial charge in [0.1, 0.15) is 11.5 Å². The molecule has 2 N–H and O–H groups in total. The van der Waals surface area contributed by atoms with Crippen LogP contribution in [0.4, 0.5) is 5.95 Å². The maximum Gasteiger partial charge on any atom is 0.249 e. The first-order chi connectivity index (χ1) is 13.6. The van der Waals surface area contributed by atoms with Crippen LogP contribution in [0.1, 0.15) is 18.4 Å². The van der Waals surface area contributed by atoms with Crippen LogP contribution in [-0.4, -0.2) is 34.8 Å². The lowest BCUT2D eigenvalue weighted by molar-refractivity contribution is -0.116. The van der Waals surface area contributed by atoms with Crippen molar-refractivity contribution in [3.8, 4) is 22.9 Å². The van der Waals surface area contributed by atoms with Crippen molar-refractivity contribution < 1.29 is 14.3 Å². The summed E-state index contributed by atoms with van der Waals surface area (Å²) in [5.41, 5.74) is 1.73. The van der Waals surface area contributed by atoms with Crippen LogP contribution in [0, 0.1) is 6.92 Å². The summed E-state index contributed by atoms with van der Waals surface area (Å²) in [5.74, 6) is 2.00. The standard InChI is InChI=1S/C20H21ClN4O3/c1-13-12-14(21)9-10-16(13)28-11-5-8-18(26)22-20-23-19(24-25-20)15-6-3-4-7-17(15)27-2/h3-4,6-7,9-10,12H,5,8,11H2,1-2H3,(H2,22,23,24,25,26). The molecule has 0 aliphatic rings. The molecule has 0 fully saturated rings. The number of hydrogen-bond acceptors (Lipinski definition) is 5. The molecule has 1 aromatic heterocycles. The van der Waals surface area contributed by atoms with Gasteiger partial charge in [0.2, 0.25) is 11.9 Å². The van der Waals surface area contributed by atoms with E-state index in [1.165, 1.54) is 0 Å². The molecule has 1 amide bonds. The van der Waals surface area contributed by atoms with Crippen LogP contribution in [0.2, 0.25) is 5.02 Å². The van der Waals surface area contributed by atoms with Crippen molar-refractivity contribution in [2.45, 2.75) is 19.8 Å². The third-order valence-corrected chi connectivity index (χ3v) is 4.28. The van der Waals surface area contributed by atoms with Gasteiger partial charge in [-0.1, -0.05) is 23.7 Å². The number of rotatable bonds is 8. The second kappa shape index (κ2) is 9.23. The van der Waals surface area contributed by atoms with Gasteiger partial charge in [-0.2, -0.15) is 4.98 Å². The predicted octanol–water partition coefficient (Wildman–Crippen LogP) is 4.24. The molecular formula is C20H21ClN4O3. The second-order valence-electron chi connectivity index (χ2n) is 6.12. The molecule has 0 bridgehead atoms. The first-order valence-corrected chi connectivity index (χ1v) is 9.19. The molecular weight excluding hydrogens is 380 g/mol. The summed E-state index contributed by atoms with van der Waals surface area (Å²) < 4.78 is 11.0. The minimum atomic E-state index is -0.179. The minimum Gasteiger partial charge on any atom is -0.496 e. The fourth-order valence-corrected chi connectivity index (χ4v) is 2.88. The Labute approximate surface area is 168 Å². The zero-order chi connectivity index (χ0) is 19.9. The number of nitrogens with one attached hydrogen (secondary N) is 2. The number of nitrogens with zero attached hydrogens (tertiary/aromatic N) is 2. The van der Waals surface area contributed by atoms with E-state index >= 15 is 0 Å². The highest BCUT2D eigenvalue weighted by molar-refractivity contribution is 6.30. The van der Waals surface area contributed by atoms with Crippen molar-refractivity contribution >= 4 is 23.5 Å². The van der Waals surface area contributed by atoms with E-state index in [1.54, 1.807) is 13.2 Å². The van der Waals surface area contributed by atoms with Crippen molar-refractivity contribution in [3.05, 3.63) is 53.1 Å². The van der Waals surface area contributed by atoms with Gasteiger partial charge < -0.3 is 9.47 Å². The van der Waals surface area contributed by atoms with Crippen LogP contribution < -0.4 is 14.8 Å². The van der Waals surface area contributed by atoms with E-state index in [-0.39, 0.29) is 11.9 Å². The average Bonchev–Trinajstić information content (AvgIpc) is 3.14. The molecule has 0 atom stereocenters. The number of anilines is 1. The van der Waals surface area contributed by atoms with Crippen LogP contribution >= 0.6 is 11.6 Å². The SMILES string of the molecule is COc1ccccc1-c1nc(NC(=O)CCCOc2ccc(Cl)cc2C)n[nH]1. The van der Waals surface area contributed by atoms with E-state index in [1.807, 2.05) is 43.3 Å². The Hall–Kier alpha value is -3.06. The number of amides is 1. The number of para-hydroxylation sites is 1. The second-order valence-corrected chi connectivity index (χ2v) is 6.55. The summed E-state index contributed by atoms with van der Waals surface area (Å²) in [5, 5.41) is 10.2. The Morgan fingerprint density at radius 2 is 2.04 bits per heavy atom. The monoisotopic (exact) mass is 400 g/mol. The molecule has 0 saturated carbocycles. The van der Waals surface area contributed by atoms with Gasteiger partial charge >= 0.3 is 0 Å². The summed E-state index contributed by atoms with van der Waals surface area (Å²) in [6.07, 6.45) is 0.864. The van der Waals surface area contributed by atoms with Gasteiger partial charge in [-0.05, 0) is 49.2 Å². The minimum absolute atomic E-state index is 0.179. The van der Waals surface area contributed by atoms with E-state index in [0.717, 1.165) is 16.9 Å². The number of aromatic amines is 1. The number of halogens is 1. The molecule has 2 aromatic carbocycles. The van der Waals surface area contributed by atoms with Crippen molar-refractivity contribution in [1.29, 1.82) is 0 Å². The summed E-state index contributed by atoms with van der Waals surface area (Å²) >= 11 is 5.92. The number of hydrogen-bond donors (Lipinski definition) is 2. The fourth-order valence-electron chi connectivity index (χ4n) is 2.66. The molecule has 0 aliphatic heterocycles. The van der Waals surface area contributed by atoms with Gasteiger partial charge in [-0.3, -0.25) is 15.2 Å². The lowest BCUT2D eigenvalue weighted by Crippen LogP contribution is -2.14. The molecule has 0 spiro atoms. The summed E-state index contributed by atoms with van der Waals surface area (Å²) in [7, 11) is 1.59. The molecule has 0 aliphatic carbocycles. The maximum atomic E-state index is 12.1. The number of aromatic nitrogens is 3. The van der Waals surface area contributed by atoms with Gasteiger partial charge in [0.25, 0.3) is 0 Å². The quantitative estimate of drug-likeness (QED) is 0.552. The first-order valence-electron chi connectivity index (χ1n) is 8.81. The van der Waals surface area contributed by atoms with Crippen molar-refractivity contribution in [1.82, 2.24) is 15.2 Å². The Kier molecular flexibility index (Phi) is 6.49. The van der Waals surface area contributed by atoms with E-state index in [9.17, 15) is 4.79 Å². The van der Waals surface area contributed by atoms with E-state index in [4.69, 9.17) is 21.1 Å². The molecule has 0 radical (unpaired) electrons. The largest absolute Gasteiger partial charge is 0.496 e. The lowest BCUT2D eigenvalue weighted by atomic mass is 10.2. The van der Waals surface area contributed by atoms with Crippen molar-refractivity contribution in [2.75, 3.05) is 19.0 Å². The van der Waals surface area contributed by atoms with Crippen LogP contribution in [0.25, 0.3) is 11.4 Å². The van der Waals surface area contributed by atoms with E-state index in [0.29, 0.717) is 36.0 Å². The number of benzene rings is 2. The van der Waals surface area contributed by atoms with Crippen molar-refractivity contribution in [2.24, 2.45) is 0 Å². The number of carbonyl (C=O) groups is 1. The lowest BCUT2D eigenvalue weighted by Gasteiger charge is -2.09. The van der Waals surface area contributed by atoms with Crippen LogP contribution in [0.5, 0.6) is 11.5 Å². The van der Waals surface area contributed by atoms with Gasteiger partial charge in [-0.25, -0.2) is 0 Å². The number of ether oxygens (including phenoxy) is 2. The van der Waals surface area contributed by atoms with Gasteiger partial charge in [0.15, 0.2) is 5.82 Å². The Balaban J connectivity index is 1.48. The average molecular weight is 401 g/mol. The number of aryl methyl sites for hydroxylation is 1. The molecule has 146 valence electrons. The normalized spacial score (nSPS) is 10.5. The number of H-pyrrole nitrogens is 1. The summed E-state index contributed by atoms with van der Waals surface area (Å²) in [4.78, 5) is 16.4.